The van der Waals surface area contributed by atoms with Crippen molar-refractivity contribution in [3.63, 3.8) is 0 Å². The number of hydrazone groups is 1. The van der Waals surface area contributed by atoms with Gasteiger partial charge in [0.05, 0.1) is 12.0 Å². The van der Waals surface area contributed by atoms with Gasteiger partial charge in [0.1, 0.15) is 0 Å². The van der Waals surface area contributed by atoms with Crippen LogP contribution in [0.1, 0.15) is 24.8 Å². The number of benzene rings is 1. The first-order valence-corrected chi connectivity index (χ1v) is 6.52. The quantitative estimate of drug-likeness (QED) is 0.665. The van der Waals surface area contributed by atoms with Crippen LogP contribution >= 0.6 is 11.6 Å². The fraction of sp³-hybridized carbons (Fsp3) is 0.286. The van der Waals surface area contributed by atoms with Gasteiger partial charge in [0, 0.05) is 17.0 Å². The molecule has 0 aliphatic heterocycles. The number of amides is 1. The summed E-state index contributed by atoms with van der Waals surface area (Å²) in [7, 11) is 0. The molecule has 0 spiro atoms. The first-order chi connectivity index (χ1) is 9.25. The number of carbonyl (C=O) groups excluding carboxylic acids is 1. The van der Waals surface area contributed by atoms with Crippen molar-refractivity contribution in [2.45, 2.75) is 19.3 Å². The maximum Gasteiger partial charge on any atom is 0.277 e. The smallest absolute Gasteiger partial charge is 0.277 e. The highest BCUT2D eigenvalue weighted by molar-refractivity contribution is 6.33. The Morgan fingerprint density at radius 2 is 2.32 bits per heavy atom. The molecule has 1 aliphatic rings. The number of halogens is 1. The molecule has 0 aromatic heterocycles. The molecule has 1 aromatic rings. The molecule has 1 amide bonds. The molecule has 0 bridgehead atoms. The number of hydrogen-bond donors (Lipinski definition) is 1. The minimum Gasteiger partial charge on any atom is -0.488 e. The maximum atomic E-state index is 11.5. The molecule has 2 rings (SSSR count). The summed E-state index contributed by atoms with van der Waals surface area (Å²) in [6.07, 6.45) is 6.56. The first-order valence-electron chi connectivity index (χ1n) is 6.14. The minimum absolute atomic E-state index is 0.00824. The number of carbonyl (C=O) groups is 1. The fourth-order valence-electron chi connectivity index (χ4n) is 1.72. The minimum atomic E-state index is -0.281. The molecule has 100 valence electrons. The van der Waals surface area contributed by atoms with E-state index in [0.717, 1.165) is 30.6 Å². The zero-order valence-corrected chi connectivity index (χ0v) is 11.2. The van der Waals surface area contributed by atoms with Crippen molar-refractivity contribution in [2.24, 2.45) is 5.10 Å². The number of ether oxygens (including phenoxy) is 1. The maximum absolute atomic E-state index is 11.5. The molecular formula is C14H15ClN2O2. The van der Waals surface area contributed by atoms with Crippen molar-refractivity contribution >= 4 is 23.7 Å². The van der Waals surface area contributed by atoms with Gasteiger partial charge in [-0.15, -0.1) is 0 Å². The van der Waals surface area contributed by atoms with Gasteiger partial charge in [-0.3, -0.25) is 4.79 Å². The van der Waals surface area contributed by atoms with Crippen molar-refractivity contribution in [3.8, 4) is 0 Å². The average molecular weight is 279 g/mol. The molecule has 1 aliphatic carbocycles. The van der Waals surface area contributed by atoms with Gasteiger partial charge >= 0.3 is 0 Å². The fourth-order valence-corrected chi connectivity index (χ4v) is 1.90. The molecule has 0 saturated carbocycles. The van der Waals surface area contributed by atoms with E-state index in [1.165, 1.54) is 6.21 Å². The van der Waals surface area contributed by atoms with Gasteiger partial charge in [-0.2, -0.15) is 5.10 Å². The predicted octanol–water partition coefficient (Wildman–Crippen LogP) is 2.87. The number of rotatable bonds is 5. The van der Waals surface area contributed by atoms with E-state index in [0.29, 0.717) is 5.02 Å². The van der Waals surface area contributed by atoms with Crippen LogP contribution in [0.4, 0.5) is 0 Å². The van der Waals surface area contributed by atoms with Crippen LogP contribution in [0.25, 0.3) is 0 Å². The lowest BCUT2D eigenvalue weighted by Gasteiger charge is -2.05. The van der Waals surface area contributed by atoms with Gasteiger partial charge < -0.3 is 4.74 Å². The Bertz CT molecular complexity index is 512. The highest BCUT2D eigenvalue weighted by Gasteiger charge is 2.07. The van der Waals surface area contributed by atoms with Gasteiger partial charge in [-0.25, -0.2) is 5.43 Å². The van der Waals surface area contributed by atoms with Crippen LogP contribution in [-0.2, 0) is 9.53 Å². The Morgan fingerprint density at radius 1 is 1.47 bits per heavy atom. The highest BCUT2D eigenvalue weighted by atomic mass is 35.5. The Morgan fingerprint density at radius 3 is 3.05 bits per heavy atom. The largest absolute Gasteiger partial charge is 0.488 e. The molecular weight excluding hydrogens is 264 g/mol. The third-order valence-electron chi connectivity index (χ3n) is 2.69. The lowest BCUT2D eigenvalue weighted by molar-refractivity contribution is -0.124. The monoisotopic (exact) mass is 278 g/mol. The van der Waals surface area contributed by atoms with Gasteiger partial charge in [0.2, 0.25) is 0 Å². The summed E-state index contributed by atoms with van der Waals surface area (Å²) < 4.78 is 5.34. The summed E-state index contributed by atoms with van der Waals surface area (Å²) in [5.41, 5.74) is 3.16. The second-order valence-corrected chi connectivity index (χ2v) is 4.57. The summed E-state index contributed by atoms with van der Waals surface area (Å²) in [5.74, 6) is 0.612. The zero-order chi connectivity index (χ0) is 13.5. The summed E-state index contributed by atoms with van der Waals surface area (Å²) in [5, 5.41) is 4.43. The molecule has 19 heavy (non-hydrogen) atoms. The van der Waals surface area contributed by atoms with Crippen molar-refractivity contribution in [1.82, 2.24) is 5.43 Å². The lowest BCUT2D eigenvalue weighted by Crippen LogP contribution is -2.22. The standard InChI is InChI=1S/C14H15ClN2O2/c15-13-8-4-1-5-11(13)9-16-17-14(18)10-19-12-6-2-3-7-12/h1,4-6,8-9H,2-3,7,10H2,(H,17,18)/b16-9-. The molecule has 1 aromatic carbocycles. The van der Waals surface area contributed by atoms with E-state index in [2.05, 4.69) is 10.5 Å². The zero-order valence-electron chi connectivity index (χ0n) is 10.4. The van der Waals surface area contributed by atoms with Gasteiger partial charge in [-0.1, -0.05) is 29.8 Å². The lowest BCUT2D eigenvalue weighted by atomic mass is 10.2. The van der Waals surface area contributed by atoms with E-state index in [-0.39, 0.29) is 12.5 Å². The van der Waals surface area contributed by atoms with Crippen molar-refractivity contribution < 1.29 is 9.53 Å². The summed E-state index contributed by atoms with van der Waals surface area (Å²) in [4.78, 5) is 11.5. The van der Waals surface area contributed by atoms with Crippen molar-refractivity contribution in [2.75, 3.05) is 6.61 Å². The molecule has 0 saturated heterocycles. The van der Waals surface area contributed by atoms with Gasteiger partial charge in [0.25, 0.3) is 5.91 Å². The van der Waals surface area contributed by atoms with E-state index >= 15 is 0 Å². The highest BCUT2D eigenvalue weighted by Crippen LogP contribution is 2.17. The molecule has 4 nitrogen and oxygen atoms in total. The average Bonchev–Trinajstić information content (AvgIpc) is 2.92. The summed E-state index contributed by atoms with van der Waals surface area (Å²) in [6.45, 7) is -0.00824. The summed E-state index contributed by atoms with van der Waals surface area (Å²) in [6, 6.07) is 7.27. The Labute approximate surface area is 117 Å². The molecule has 0 heterocycles. The third-order valence-corrected chi connectivity index (χ3v) is 3.03. The molecule has 1 N–H and O–H groups in total. The van der Waals surface area contributed by atoms with E-state index in [1.807, 2.05) is 24.3 Å². The van der Waals surface area contributed by atoms with E-state index in [1.54, 1.807) is 6.07 Å². The normalized spacial score (nSPS) is 14.5. The molecule has 0 atom stereocenters. The van der Waals surface area contributed by atoms with E-state index in [9.17, 15) is 4.79 Å². The number of hydrogen-bond acceptors (Lipinski definition) is 3. The predicted molar refractivity (Wildman–Crippen MR) is 75.1 cm³/mol. The topological polar surface area (TPSA) is 50.7 Å². The Balaban J connectivity index is 1.75. The van der Waals surface area contributed by atoms with Crippen LogP contribution in [0.3, 0.4) is 0 Å². The number of nitrogens with zero attached hydrogens (tertiary/aromatic N) is 1. The van der Waals surface area contributed by atoms with E-state index < -0.39 is 0 Å². The third kappa shape index (κ3) is 4.41. The SMILES string of the molecule is O=C(COC1=CCCC1)N/N=C\c1ccccc1Cl. The first kappa shape index (κ1) is 13.6. The van der Waals surface area contributed by atoms with E-state index in [4.69, 9.17) is 16.3 Å². The van der Waals surface area contributed by atoms with Crippen molar-refractivity contribution in [3.05, 3.63) is 46.7 Å². The molecule has 5 heteroatoms. The second kappa shape index (κ2) is 6.95. The number of nitrogens with one attached hydrogen (secondary N) is 1. The van der Waals surface area contributed by atoms with Gasteiger partial charge in [-0.05, 0) is 25.0 Å². The van der Waals surface area contributed by atoms with Crippen LogP contribution in [0.5, 0.6) is 0 Å². The van der Waals surface area contributed by atoms with Crippen LogP contribution < -0.4 is 5.43 Å². The van der Waals surface area contributed by atoms with Gasteiger partial charge in [0.15, 0.2) is 6.61 Å². The molecule has 0 radical (unpaired) electrons. The van der Waals surface area contributed by atoms with Crippen LogP contribution in [0.15, 0.2) is 41.2 Å². The Hall–Kier alpha value is -1.81. The molecule has 0 unspecified atom stereocenters. The van der Waals surface area contributed by atoms with Crippen LogP contribution in [0, 0.1) is 0 Å². The second-order valence-electron chi connectivity index (χ2n) is 4.17. The molecule has 0 fully saturated rings. The van der Waals surface area contributed by atoms with Crippen LogP contribution in [-0.4, -0.2) is 18.7 Å². The van der Waals surface area contributed by atoms with Crippen molar-refractivity contribution in [1.29, 1.82) is 0 Å². The van der Waals surface area contributed by atoms with Crippen LogP contribution in [0.2, 0.25) is 5.02 Å². The Kier molecular flexibility index (Phi) is 4.98. The number of allylic oxidation sites excluding steroid dienone is 2. The summed E-state index contributed by atoms with van der Waals surface area (Å²) >= 11 is 5.95.